The number of nitrogens with one attached hydrogen (secondary N) is 1. The molecule has 0 aliphatic carbocycles. The van der Waals surface area contributed by atoms with Crippen LogP contribution in [0.5, 0.6) is 11.5 Å². The molecule has 0 aromatic heterocycles. The molecule has 0 aliphatic rings. The zero-order valence-corrected chi connectivity index (χ0v) is 19.4. The van der Waals surface area contributed by atoms with Crippen molar-refractivity contribution in [3.8, 4) is 11.5 Å². The lowest BCUT2D eigenvalue weighted by atomic mass is 10.1. The van der Waals surface area contributed by atoms with Gasteiger partial charge in [-0.2, -0.15) is 0 Å². The first-order chi connectivity index (χ1) is 16.2. The molecular formula is C24H24F2N2O5S. The lowest BCUT2D eigenvalue weighted by molar-refractivity contribution is 0.0947. The third-order valence-electron chi connectivity index (χ3n) is 4.83. The summed E-state index contributed by atoms with van der Waals surface area (Å²) in [5, 5.41) is 2.72. The van der Waals surface area contributed by atoms with E-state index in [1.807, 2.05) is 0 Å². The third kappa shape index (κ3) is 6.44. The van der Waals surface area contributed by atoms with Crippen molar-refractivity contribution in [2.45, 2.75) is 6.54 Å². The Bertz CT molecular complexity index is 1230. The van der Waals surface area contributed by atoms with Gasteiger partial charge in [0, 0.05) is 11.6 Å². The SMILES string of the molecule is COc1cccc(OCCNC(=O)c2ccc(CN(c3c(F)cccc3F)S(C)(=O)=O)cc2)c1. The molecule has 1 amide bonds. The smallest absolute Gasteiger partial charge is 0.251 e. The number of ether oxygens (including phenoxy) is 2. The fraction of sp³-hybridized carbons (Fsp3) is 0.208. The third-order valence-corrected chi connectivity index (χ3v) is 5.94. The lowest BCUT2D eigenvalue weighted by Gasteiger charge is -2.23. The van der Waals surface area contributed by atoms with Crippen LogP contribution in [0, 0.1) is 11.6 Å². The van der Waals surface area contributed by atoms with Gasteiger partial charge in [0.25, 0.3) is 5.91 Å². The molecule has 0 fully saturated rings. The van der Waals surface area contributed by atoms with Crippen LogP contribution >= 0.6 is 0 Å². The number of halogens is 2. The van der Waals surface area contributed by atoms with Crippen LogP contribution in [0.2, 0.25) is 0 Å². The van der Waals surface area contributed by atoms with E-state index in [1.165, 1.54) is 24.3 Å². The maximum Gasteiger partial charge on any atom is 0.251 e. The van der Waals surface area contributed by atoms with Crippen molar-refractivity contribution in [3.05, 3.63) is 89.5 Å². The quantitative estimate of drug-likeness (QED) is 0.438. The summed E-state index contributed by atoms with van der Waals surface area (Å²) in [6, 6.07) is 16.3. The maximum absolute atomic E-state index is 14.2. The van der Waals surface area contributed by atoms with Crippen LogP contribution in [0.1, 0.15) is 15.9 Å². The molecule has 3 aromatic carbocycles. The highest BCUT2D eigenvalue weighted by molar-refractivity contribution is 7.92. The van der Waals surface area contributed by atoms with Crippen LogP contribution in [-0.4, -0.2) is 40.8 Å². The number of nitrogens with zero attached hydrogens (tertiary/aromatic N) is 1. The molecule has 0 radical (unpaired) electrons. The Morgan fingerprint density at radius 1 is 0.971 bits per heavy atom. The van der Waals surface area contributed by atoms with Crippen molar-refractivity contribution in [2.75, 3.05) is 30.8 Å². The Balaban J connectivity index is 1.60. The van der Waals surface area contributed by atoms with Crippen molar-refractivity contribution in [3.63, 3.8) is 0 Å². The van der Waals surface area contributed by atoms with Gasteiger partial charge in [-0.25, -0.2) is 17.2 Å². The molecule has 7 nitrogen and oxygen atoms in total. The predicted octanol–water partition coefficient (Wildman–Crippen LogP) is 3.75. The molecular weight excluding hydrogens is 466 g/mol. The summed E-state index contributed by atoms with van der Waals surface area (Å²) >= 11 is 0. The predicted molar refractivity (Wildman–Crippen MR) is 125 cm³/mol. The van der Waals surface area contributed by atoms with Gasteiger partial charge in [0.15, 0.2) is 11.6 Å². The van der Waals surface area contributed by atoms with Gasteiger partial charge in [0.05, 0.1) is 26.5 Å². The van der Waals surface area contributed by atoms with E-state index in [1.54, 1.807) is 31.4 Å². The van der Waals surface area contributed by atoms with Gasteiger partial charge in [0.1, 0.15) is 23.8 Å². The monoisotopic (exact) mass is 490 g/mol. The van der Waals surface area contributed by atoms with Crippen LogP contribution < -0.4 is 19.1 Å². The number of sulfonamides is 1. The van der Waals surface area contributed by atoms with Crippen molar-refractivity contribution >= 4 is 21.6 Å². The number of carbonyl (C=O) groups excluding carboxylic acids is 1. The van der Waals surface area contributed by atoms with Gasteiger partial charge < -0.3 is 14.8 Å². The normalized spacial score (nSPS) is 11.1. The van der Waals surface area contributed by atoms with Crippen LogP contribution in [-0.2, 0) is 16.6 Å². The minimum atomic E-state index is -3.98. The van der Waals surface area contributed by atoms with E-state index in [2.05, 4.69) is 5.32 Å². The Hall–Kier alpha value is -3.66. The van der Waals surface area contributed by atoms with Gasteiger partial charge in [0.2, 0.25) is 10.0 Å². The number of para-hydroxylation sites is 1. The largest absolute Gasteiger partial charge is 0.497 e. The molecule has 180 valence electrons. The number of benzene rings is 3. The molecule has 0 heterocycles. The van der Waals surface area contributed by atoms with E-state index in [-0.39, 0.29) is 25.6 Å². The van der Waals surface area contributed by atoms with Gasteiger partial charge in [-0.3, -0.25) is 9.10 Å². The minimum absolute atomic E-state index is 0.245. The standard InChI is InChI=1S/C24H24F2N2O5S/c1-32-19-5-3-6-20(15-19)33-14-13-27-24(29)18-11-9-17(10-12-18)16-28(34(2,30)31)23-21(25)7-4-8-22(23)26/h3-12,15H,13-14,16H2,1-2H3,(H,27,29). The number of hydrogen-bond donors (Lipinski definition) is 1. The summed E-state index contributed by atoms with van der Waals surface area (Å²) in [6.07, 6.45) is 0.869. The van der Waals surface area contributed by atoms with Crippen LogP contribution in [0.25, 0.3) is 0 Å². The summed E-state index contributed by atoms with van der Waals surface area (Å²) in [5.74, 6) is -1.05. The van der Waals surface area contributed by atoms with E-state index in [9.17, 15) is 22.0 Å². The summed E-state index contributed by atoms with van der Waals surface area (Å²) in [4.78, 5) is 12.4. The number of hydrogen-bond acceptors (Lipinski definition) is 5. The molecule has 0 unspecified atom stereocenters. The second kappa shape index (κ2) is 11.0. The van der Waals surface area contributed by atoms with E-state index in [0.717, 1.165) is 24.5 Å². The van der Waals surface area contributed by atoms with E-state index < -0.39 is 27.3 Å². The van der Waals surface area contributed by atoms with E-state index >= 15 is 0 Å². The zero-order chi connectivity index (χ0) is 24.7. The molecule has 3 rings (SSSR count). The van der Waals surface area contributed by atoms with E-state index in [4.69, 9.17) is 9.47 Å². The molecule has 0 atom stereocenters. The first-order valence-electron chi connectivity index (χ1n) is 10.2. The molecule has 0 aliphatic heterocycles. The van der Waals surface area contributed by atoms with Crippen molar-refractivity contribution in [2.24, 2.45) is 0 Å². The Morgan fingerprint density at radius 3 is 2.21 bits per heavy atom. The number of amides is 1. The summed E-state index contributed by atoms with van der Waals surface area (Å²) < 4.78 is 64.1. The van der Waals surface area contributed by atoms with Gasteiger partial charge in [-0.1, -0.05) is 24.3 Å². The first-order valence-corrected chi connectivity index (χ1v) is 12.1. The van der Waals surface area contributed by atoms with Crippen molar-refractivity contribution in [1.82, 2.24) is 5.32 Å². The average molecular weight is 491 g/mol. The van der Waals surface area contributed by atoms with Crippen LogP contribution in [0.15, 0.2) is 66.7 Å². The van der Waals surface area contributed by atoms with Crippen molar-refractivity contribution < 1.29 is 31.5 Å². The average Bonchev–Trinajstić information content (AvgIpc) is 2.81. The summed E-state index contributed by atoms with van der Waals surface area (Å²) in [5.41, 5.74) is 0.141. The second-order valence-electron chi connectivity index (χ2n) is 7.32. The first kappa shape index (κ1) is 25.0. The minimum Gasteiger partial charge on any atom is -0.497 e. The highest BCUT2D eigenvalue weighted by Crippen LogP contribution is 2.27. The fourth-order valence-corrected chi connectivity index (χ4v) is 4.03. The molecule has 1 N–H and O–H groups in total. The van der Waals surface area contributed by atoms with Crippen LogP contribution in [0.4, 0.5) is 14.5 Å². The molecule has 0 saturated heterocycles. The number of methoxy groups -OCH3 is 1. The number of rotatable bonds is 10. The molecule has 34 heavy (non-hydrogen) atoms. The van der Waals surface area contributed by atoms with Crippen LogP contribution in [0.3, 0.4) is 0 Å². The molecule has 10 heteroatoms. The molecule has 3 aromatic rings. The summed E-state index contributed by atoms with van der Waals surface area (Å²) in [7, 11) is -2.42. The highest BCUT2D eigenvalue weighted by Gasteiger charge is 2.24. The zero-order valence-electron chi connectivity index (χ0n) is 18.6. The Kier molecular flexibility index (Phi) is 8.06. The Labute approximate surface area is 197 Å². The molecule has 0 spiro atoms. The Morgan fingerprint density at radius 2 is 1.59 bits per heavy atom. The van der Waals surface area contributed by atoms with E-state index in [0.29, 0.717) is 26.9 Å². The highest BCUT2D eigenvalue weighted by atomic mass is 32.2. The van der Waals surface area contributed by atoms with Crippen molar-refractivity contribution in [1.29, 1.82) is 0 Å². The number of anilines is 1. The van der Waals surface area contributed by atoms with Gasteiger partial charge in [-0.15, -0.1) is 0 Å². The lowest BCUT2D eigenvalue weighted by Crippen LogP contribution is -2.31. The topological polar surface area (TPSA) is 84.9 Å². The fourth-order valence-electron chi connectivity index (χ4n) is 3.14. The second-order valence-corrected chi connectivity index (χ2v) is 9.23. The van der Waals surface area contributed by atoms with Gasteiger partial charge in [-0.05, 0) is 42.0 Å². The molecule has 0 saturated carbocycles. The van der Waals surface area contributed by atoms with Gasteiger partial charge >= 0.3 is 0 Å². The number of carbonyl (C=O) groups is 1. The molecule has 0 bridgehead atoms. The maximum atomic E-state index is 14.2. The summed E-state index contributed by atoms with van der Waals surface area (Å²) in [6.45, 7) is 0.202.